The number of primary amides is 1. The van der Waals surface area contributed by atoms with Gasteiger partial charge in [-0.25, -0.2) is 4.98 Å². The van der Waals surface area contributed by atoms with Crippen LogP contribution >= 0.6 is 11.3 Å². The Hall–Kier alpha value is -1.66. The lowest BCUT2D eigenvalue weighted by Crippen LogP contribution is -2.20. The van der Waals surface area contributed by atoms with E-state index in [-0.39, 0.29) is 6.10 Å². The van der Waals surface area contributed by atoms with Crippen molar-refractivity contribution in [1.82, 2.24) is 4.98 Å². The first kappa shape index (κ1) is 11.4. The molecule has 1 aromatic heterocycles. The average Bonchev–Trinajstić information content (AvgIpc) is 2.93. The fraction of sp³-hybridized carbons (Fsp3) is 0.333. The second kappa shape index (κ2) is 4.22. The number of nitrogens with zero attached hydrogens (tertiary/aromatic N) is 2. The van der Waals surface area contributed by atoms with Crippen molar-refractivity contribution >= 4 is 32.6 Å². The molecule has 3 rings (SSSR count). The standard InChI is InChI=1S/C12H13N3O2S/c13-11(17)8-2-1-3-9-10(8)14-12(18-9)15-5-4-7(16)6-15/h1-3,7,16H,4-6H2,(H2,13,17)/t7-/m1/s1. The van der Waals surface area contributed by atoms with Gasteiger partial charge in [-0.05, 0) is 18.6 Å². The summed E-state index contributed by atoms with van der Waals surface area (Å²) in [5.74, 6) is -0.459. The van der Waals surface area contributed by atoms with Crippen LogP contribution in [0.4, 0.5) is 5.13 Å². The first-order valence-electron chi connectivity index (χ1n) is 5.77. The van der Waals surface area contributed by atoms with Gasteiger partial charge in [0.15, 0.2) is 5.13 Å². The molecule has 0 aliphatic carbocycles. The maximum absolute atomic E-state index is 11.3. The summed E-state index contributed by atoms with van der Waals surface area (Å²) in [6, 6.07) is 5.42. The molecule has 0 bridgehead atoms. The number of aliphatic hydroxyl groups is 1. The Morgan fingerprint density at radius 1 is 1.56 bits per heavy atom. The van der Waals surface area contributed by atoms with Crippen molar-refractivity contribution in [2.45, 2.75) is 12.5 Å². The first-order chi connectivity index (χ1) is 8.65. The summed E-state index contributed by atoms with van der Waals surface area (Å²) in [5, 5.41) is 10.4. The van der Waals surface area contributed by atoms with E-state index in [4.69, 9.17) is 5.73 Å². The van der Waals surface area contributed by atoms with Gasteiger partial charge in [0.05, 0.1) is 21.9 Å². The van der Waals surface area contributed by atoms with E-state index >= 15 is 0 Å². The highest BCUT2D eigenvalue weighted by atomic mass is 32.1. The minimum absolute atomic E-state index is 0.285. The molecule has 1 saturated heterocycles. The Balaban J connectivity index is 2.05. The molecule has 2 heterocycles. The van der Waals surface area contributed by atoms with E-state index in [0.717, 1.165) is 22.8 Å². The second-order valence-electron chi connectivity index (χ2n) is 4.40. The van der Waals surface area contributed by atoms with Crippen molar-refractivity contribution in [3.8, 4) is 0 Å². The Bertz CT molecular complexity index is 610. The van der Waals surface area contributed by atoms with Crippen molar-refractivity contribution in [1.29, 1.82) is 0 Å². The number of fused-ring (bicyclic) bond motifs is 1. The monoisotopic (exact) mass is 263 g/mol. The van der Waals surface area contributed by atoms with Crippen LogP contribution in [0.1, 0.15) is 16.8 Å². The van der Waals surface area contributed by atoms with E-state index in [1.54, 1.807) is 6.07 Å². The highest BCUT2D eigenvalue weighted by Gasteiger charge is 2.23. The minimum atomic E-state index is -0.459. The minimum Gasteiger partial charge on any atom is -0.391 e. The Morgan fingerprint density at radius 3 is 3.06 bits per heavy atom. The number of para-hydroxylation sites is 1. The number of benzene rings is 1. The van der Waals surface area contributed by atoms with Crippen LogP contribution in [0, 0.1) is 0 Å². The fourth-order valence-electron chi connectivity index (χ4n) is 2.19. The molecular formula is C12H13N3O2S. The maximum Gasteiger partial charge on any atom is 0.250 e. The third-order valence-electron chi connectivity index (χ3n) is 3.11. The van der Waals surface area contributed by atoms with Gasteiger partial charge >= 0.3 is 0 Å². The number of aliphatic hydroxyl groups excluding tert-OH is 1. The third kappa shape index (κ3) is 1.83. The van der Waals surface area contributed by atoms with E-state index < -0.39 is 5.91 Å². The highest BCUT2D eigenvalue weighted by Crippen LogP contribution is 2.32. The average molecular weight is 263 g/mol. The molecular weight excluding hydrogens is 250 g/mol. The summed E-state index contributed by atoms with van der Waals surface area (Å²) in [4.78, 5) is 17.9. The Morgan fingerprint density at radius 2 is 2.39 bits per heavy atom. The molecule has 1 amide bonds. The molecule has 0 spiro atoms. The second-order valence-corrected chi connectivity index (χ2v) is 5.41. The van der Waals surface area contributed by atoms with Crippen molar-refractivity contribution < 1.29 is 9.90 Å². The van der Waals surface area contributed by atoms with Crippen molar-refractivity contribution in [2.75, 3.05) is 18.0 Å². The van der Waals surface area contributed by atoms with E-state index in [2.05, 4.69) is 4.98 Å². The predicted molar refractivity (Wildman–Crippen MR) is 71.0 cm³/mol. The van der Waals surface area contributed by atoms with E-state index in [1.165, 1.54) is 11.3 Å². The van der Waals surface area contributed by atoms with Gasteiger partial charge in [0.25, 0.3) is 5.91 Å². The van der Waals surface area contributed by atoms with Gasteiger partial charge in [-0.2, -0.15) is 0 Å². The summed E-state index contributed by atoms with van der Waals surface area (Å²) in [6.45, 7) is 1.40. The summed E-state index contributed by atoms with van der Waals surface area (Å²) < 4.78 is 0.947. The number of hydrogen-bond acceptors (Lipinski definition) is 5. The van der Waals surface area contributed by atoms with E-state index in [0.29, 0.717) is 17.6 Å². The van der Waals surface area contributed by atoms with Crippen LogP contribution < -0.4 is 10.6 Å². The first-order valence-corrected chi connectivity index (χ1v) is 6.59. The van der Waals surface area contributed by atoms with Crippen LogP contribution in [-0.2, 0) is 0 Å². The van der Waals surface area contributed by atoms with Crippen LogP contribution in [0.2, 0.25) is 0 Å². The van der Waals surface area contributed by atoms with Gasteiger partial charge in [0.1, 0.15) is 0 Å². The molecule has 0 saturated carbocycles. The summed E-state index contributed by atoms with van der Waals surface area (Å²) in [5.41, 5.74) is 6.45. The van der Waals surface area contributed by atoms with Crippen molar-refractivity contribution in [2.24, 2.45) is 5.73 Å². The normalized spacial score (nSPS) is 19.6. The van der Waals surface area contributed by atoms with Crippen LogP contribution in [0.5, 0.6) is 0 Å². The van der Waals surface area contributed by atoms with Crippen molar-refractivity contribution in [3.63, 3.8) is 0 Å². The quantitative estimate of drug-likeness (QED) is 0.846. The molecule has 1 aliphatic rings. The number of carbonyl (C=O) groups excluding carboxylic acids is 1. The molecule has 1 aromatic carbocycles. The predicted octanol–water partition coefficient (Wildman–Crippen LogP) is 0.966. The number of thiazole rings is 1. The molecule has 2 aromatic rings. The zero-order chi connectivity index (χ0) is 12.7. The Labute approximate surface area is 108 Å². The highest BCUT2D eigenvalue weighted by molar-refractivity contribution is 7.22. The molecule has 6 heteroatoms. The number of β-amino-alcohol motifs (C(OH)–C–C–N with tert-alkyl or cyclic N) is 1. The van der Waals surface area contributed by atoms with Crippen LogP contribution in [-0.4, -0.2) is 35.2 Å². The zero-order valence-electron chi connectivity index (χ0n) is 9.67. The molecule has 94 valence electrons. The number of amides is 1. The van der Waals surface area contributed by atoms with Crippen LogP contribution in [0.25, 0.3) is 10.2 Å². The van der Waals surface area contributed by atoms with Gasteiger partial charge in [-0.1, -0.05) is 17.4 Å². The largest absolute Gasteiger partial charge is 0.391 e. The lowest BCUT2D eigenvalue weighted by molar-refractivity contribution is 0.100. The van der Waals surface area contributed by atoms with Gasteiger partial charge in [-0.3, -0.25) is 4.79 Å². The summed E-state index contributed by atoms with van der Waals surface area (Å²) in [6.07, 6.45) is 0.478. The number of rotatable bonds is 2. The molecule has 1 fully saturated rings. The molecule has 5 nitrogen and oxygen atoms in total. The summed E-state index contributed by atoms with van der Waals surface area (Å²) >= 11 is 1.52. The number of hydrogen-bond donors (Lipinski definition) is 2. The Kier molecular flexibility index (Phi) is 2.68. The van der Waals surface area contributed by atoms with Gasteiger partial charge in [0.2, 0.25) is 0 Å². The third-order valence-corrected chi connectivity index (χ3v) is 4.19. The van der Waals surface area contributed by atoms with Crippen LogP contribution in [0.15, 0.2) is 18.2 Å². The van der Waals surface area contributed by atoms with E-state index in [1.807, 2.05) is 17.0 Å². The SMILES string of the molecule is NC(=O)c1cccc2sc(N3CC[C@@H](O)C3)nc12. The lowest BCUT2D eigenvalue weighted by Gasteiger charge is -2.12. The molecule has 18 heavy (non-hydrogen) atoms. The molecule has 1 aliphatic heterocycles. The van der Waals surface area contributed by atoms with Gasteiger partial charge < -0.3 is 15.7 Å². The van der Waals surface area contributed by atoms with Crippen molar-refractivity contribution in [3.05, 3.63) is 23.8 Å². The number of carbonyl (C=O) groups is 1. The number of anilines is 1. The smallest absolute Gasteiger partial charge is 0.250 e. The van der Waals surface area contributed by atoms with Gasteiger partial charge in [-0.15, -0.1) is 0 Å². The number of nitrogens with two attached hydrogens (primary N) is 1. The molecule has 0 unspecified atom stereocenters. The van der Waals surface area contributed by atoms with E-state index in [9.17, 15) is 9.90 Å². The molecule has 1 atom stereocenters. The topological polar surface area (TPSA) is 79.5 Å². The summed E-state index contributed by atoms with van der Waals surface area (Å²) in [7, 11) is 0. The van der Waals surface area contributed by atoms with Crippen LogP contribution in [0.3, 0.4) is 0 Å². The number of aromatic nitrogens is 1. The van der Waals surface area contributed by atoms with Gasteiger partial charge in [0, 0.05) is 13.1 Å². The lowest BCUT2D eigenvalue weighted by atomic mass is 10.2. The molecule has 3 N–H and O–H groups in total. The molecule has 0 radical (unpaired) electrons. The zero-order valence-corrected chi connectivity index (χ0v) is 10.5. The fourth-order valence-corrected chi connectivity index (χ4v) is 3.21. The maximum atomic E-state index is 11.3.